The number of ether oxygens (including phenoxy) is 2. The van der Waals surface area contributed by atoms with Gasteiger partial charge in [0, 0.05) is 23.2 Å². The van der Waals surface area contributed by atoms with E-state index in [9.17, 15) is 4.79 Å². The van der Waals surface area contributed by atoms with E-state index in [1.54, 1.807) is 7.11 Å². The van der Waals surface area contributed by atoms with Gasteiger partial charge >= 0.3 is 0 Å². The summed E-state index contributed by atoms with van der Waals surface area (Å²) < 4.78 is 11.8. The number of fused-ring (bicyclic) bond motifs is 3. The number of rotatable bonds is 2. The van der Waals surface area contributed by atoms with Crippen molar-refractivity contribution in [3.63, 3.8) is 0 Å². The van der Waals surface area contributed by atoms with Crippen molar-refractivity contribution in [1.29, 1.82) is 0 Å². The lowest BCUT2D eigenvalue weighted by Gasteiger charge is -2.30. The summed E-state index contributed by atoms with van der Waals surface area (Å²) in [6.07, 6.45) is 1.55. The zero-order valence-corrected chi connectivity index (χ0v) is 16.8. The number of benzene rings is 1. The molecule has 0 radical (unpaired) electrons. The first kappa shape index (κ1) is 17.8. The van der Waals surface area contributed by atoms with Crippen molar-refractivity contribution >= 4 is 5.71 Å². The van der Waals surface area contributed by atoms with Gasteiger partial charge < -0.3 is 14.5 Å². The van der Waals surface area contributed by atoms with Crippen LogP contribution in [0.2, 0.25) is 0 Å². The van der Waals surface area contributed by atoms with Crippen LogP contribution in [-0.4, -0.2) is 28.9 Å². The molecule has 1 N–H and O–H groups in total. The Bertz CT molecular complexity index is 1030. The van der Waals surface area contributed by atoms with Crippen LogP contribution in [0.25, 0.3) is 0 Å². The average Bonchev–Trinajstić information content (AvgIpc) is 2.87. The first-order valence-electron chi connectivity index (χ1n) is 9.32. The third kappa shape index (κ3) is 2.95. The molecule has 0 saturated carbocycles. The molecular formula is C22H26N2O3. The Hall–Kier alpha value is -2.56. The van der Waals surface area contributed by atoms with Crippen LogP contribution in [0.1, 0.15) is 55.6 Å². The molecule has 2 aromatic rings. The van der Waals surface area contributed by atoms with Gasteiger partial charge in [0.1, 0.15) is 5.60 Å². The molecule has 0 spiro atoms. The number of hydrogen-bond donors (Lipinski definition) is 1. The van der Waals surface area contributed by atoms with Gasteiger partial charge in [-0.05, 0) is 64.8 Å². The van der Waals surface area contributed by atoms with Gasteiger partial charge in [-0.2, -0.15) is 0 Å². The lowest BCUT2D eigenvalue weighted by molar-refractivity contribution is 0.134. The fourth-order valence-electron chi connectivity index (χ4n) is 4.17. The highest BCUT2D eigenvalue weighted by Crippen LogP contribution is 2.47. The predicted octanol–water partition coefficient (Wildman–Crippen LogP) is 3.58. The Balaban J connectivity index is 2.02. The molecular weight excluding hydrogens is 340 g/mol. The second-order valence-electron chi connectivity index (χ2n) is 8.79. The molecule has 0 amide bonds. The van der Waals surface area contributed by atoms with Crippen LogP contribution in [0.5, 0.6) is 11.5 Å². The van der Waals surface area contributed by atoms with Crippen molar-refractivity contribution < 1.29 is 9.47 Å². The molecule has 5 nitrogen and oxygen atoms in total. The summed E-state index contributed by atoms with van der Waals surface area (Å²) in [6.45, 7) is 10.2. The molecule has 2 aliphatic rings. The third-order valence-corrected chi connectivity index (χ3v) is 5.21. The number of aromatic amines is 1. The Morgan fingerprint density at radius 1 is 1.19 bits per heavy atom. The van der Waals surface area contributed by atoms with Crippen molar-refractivity contribution in [3.8, 4) is 11.5 Å². The number of methoxy groups -OCH3 is 1. The van der Waals surface area contributed by atoms with Gasteiger partial charge in [0.25, 0.3) is 5.56 Å². The van der Waals surface area contributed by atoms with E-state index in [1.807, 2.05) is 25.1 Å². The van der Waals surface area contributed by atoms with E-state index >= 15 is 0 Å². The molecule has 0 fully saturated rings. The summed E-state index contributed by atoms with van der Waals surface area (Å²) in [5, 5.41) is 0. The fourth-order valence-corrected chi connectivity index (χ4v) is 4.17. The minimum absolute atomic E-state index is 0.111. The van der Waals surface area contributed by atoms with E-state index in [-0.39, 0.29) is 16.7 Å². The topological polar surface area (TPSA) is 63.7 Å². The molecule has 0 saturated heterocycles. The SMILES string of the molecule is COc1cc2c(c3c1OC(C)(C)C3)C(c1ccc(C)[nH]c1=O)=NC(C)(C)C2. The number of H-pyrrole nitrogens is 1. The highest BCUT2D eigenvalue weighted by Gasteiger charge is 2.40. The van der Waals surface area contributed by atoms with Gasteiger partial charge in [0.2, 0.25) is 0 Å². The van der Waals surface area contributed by atoms with Crippen molar-refractivity contribution in [3.05, 3.63) is 56.5 Å². The molecule has 5 heteroatoms. The van der Waals surface area contributed by atoms with Crippen LogP contribution >= 0.6 is 0 Å². The Morgan fingerprint density at radius 2 is 1.93 bits per heavy atom. The van der Waals surface area contributed by atoms with E-state index in [4.69, 9.17) is 14.5 Å². The van der Waals surface area contributed by atoms with Crippen LogP contribution in [0, 0.1) is 6.92 Å². The molecule has 27 heavy (non-hydrogen) atoms. The van der Waals surface area contributed by atoms with Gasteiger partial charge in [0.05, 0.1) is 23.9 Å². The van der Waals surface area contributed by atoms with E-state index in [0.717, 1.165) is 52.4 Å². The van der Waals surface area contributed by atoms with Gasteiger partial charge in [-0.25, -0.2) is 0 Å². The summed E-state index contributed by atoms with van der Waals surface area (Å²) in [7, 11) is 1.67. The second-order valence-corrected chi connectivity index (χ2v) is 8.79. The number of nitrogens with zero attached hydrogens (tertiary/aromatic N) is 1. The first-order valence-corrected chi connectivity index (χ1v) is 9.32. The number of aliphatic imine (C=N–C) groups is 1. The van der Waals surface area contributed by atoms with Crippen LogP contribution in [0.4, 0.5) is 0 Å². The van der Waals surface area contributed by atoms with Crippen LogP contribution in [-0.2, 0) is 12.8 Å². The molecule has 0 bridgehead atoms. The molecule has 0 atom stereocenters. The third-order valence-electron chi connectivity index (χ3n) is 5.21. The largest absolute Gasteiger partial charge is 0.493 e. The zero-order valence-electron chi connectivity index (χ0n) is 16.8. The maximum atomic E-state index is 12.7. The molecule has 1 aromatic carbocycles. The van der Waals surface area contributed by atoms with Crippen molar-refractivity contribution in [2.24, 2.45) is 4.99 Å². The maximum Gasteiger partial charge on any atom is 0.257 e. The van der Waals surface area contributed by atoms with E-state index in [1.165, 1.54) is 0 Å². The van der Waals surface area contributed by atoms with Gasteiger partial charge in [-0.1, -0.05) is 0 Å². The highest BCUT2D eigenvalue weighted by molar-refractivity contribution is 6.16. The highest BCUT2D eigenvalue weighted by atomic mass is 16.5. The summed E-state index contributed by atoms with van der Waals surface area (Å²) in [5.74, 6) is 1.53. The molecule has 3 heterocycles. The van der Waals surface area contributed by atoms with E-state index in [2.05, 4.69) is 32.7 Å². The zero-order chi connectivity index (χ0) is 19.6. The monoisotopic (exact) mass is 366 g/mol. The predicted molar refractivity (Wildman–Crippen MR) is 107 cm³/mol. The van der Waals surface area contributed by atoms with Gasteiger partial charge in [-0.15, -0.1) is 0 Å². The molecule has 1 aromatic heterocycles. The quantitative estimate of drug-likeness (QED) is 0.884. The number of pyridine rings is 1. The van der Waals surface area contributed by atoms with Crippen LogP contribution in [0.15, 0.2) is 28.0 Å². The summed E-state index contributed by atoms with van der Waals surface area (Å²) in [6, 6.07) is 5.84. The van der Waals surface area contributed by atoms with E-state index in [0.29, 0.717) is 5.56 Å². The normalized spacial score (nSPS) is 19.0. The first-order chi connectivity index (χ1) is 12.6. The van der Waals surface area contributed by atoms with E-state index < -0.39 is 0 Å². The number of nitrogens with one attached hydrogen (secondary N) is 1. The van der Waals surface area contributed by atoms with Crippen molar-refractivity contribution in [2.45, 2.75) is 58.6 Å². The molecule has 2 aliphatic heterocycles. The fraction of sp³-hybridized carbons (Fsp3) is 0.455. The Kier molecular flexibility index (Phi) is 3.78. The van der Waals surface area contributed by atoms with Crippen molar-refractivity contribution in [2.75, 3.05) is 7.11 Å². The Labute approximate surface area is 159 Å². The summed E-state index contributed by atoms with van der Waals surface area (Å²) in [4.78, 5) is 20.6. The second kappa shape index (κ2) is 5.72. The van der Waals surface area contributed by atoms with Gasteiger partial charge in [-0.3, -0.25) is 9.79 Å². The minimum Gasteiger partial charge on any atom is -0.493 e. The molecule has 0 aliphatic carbocycles. The molecule has 0 unspecified atom stereocenters. The number of aromatic nitrogens is 1. The summed E-state index contributed by atoms with van der Waals surface area (Å²) >= 11 is 0. The minimum atomic E-state index is -0.317. The van der Waals surface area contributed by atoms with Crippen LogP contribution in [0.3, 0.4) is 0 Å². The van der Waals surface area contributed by atoms with Gasteiger partial charge in [0.15, 0.2) is 11.5 Å². The lowest BCUT2D eigenvalue weighted by atomic mass is 9.81. The average molecular weight is 366 g/mol. The molecule has 4 rings (SSSR count). The maximum absolute atomic E-state index is 12.7. The molecule has 142 valence electrons. The number of aryl methyl sites for hydroxylation is 1. The summed E-state index contributed by atoms with van der Waals surface area (Å²) in [5.41, 5.74) is 4.74. The number of hydrogen-bond acceptors (Lipinski definition) is 4. The standard InChI is InChI=1S/C22H26N2O3/c1-12-7-8-14(20(25)23-12)18-17-13(10-21(2,3)24-18)9-16(26-6)19-15(17)11-22(4,5)27-19/h7-9H,10-11H2,1-6H3,(H,23,25). The lowest BCUT2D eigenvalue weighted by Crippen LogP contribution is -2.33. The van der Waals surface area contributed by atoms with Crippen LogP contribution < -0.4 is 15.0 Å². The smallest absolute Gasteiger partial charge is 0.257 e. The van der Waals surface area contributed by atoms with Crippen molar-refractivity contribution in [1.82, 2.24) is 4.98 Å². The Morgan fingerprint density at radius 3 is 2.59 bits per heavy atom.